The van der Waals surface area contributed by atoms with Crippen LogP contribution < -0.4 is 0 Å². The summed E-state index contributed by atoms with van der Waals surface area (Å²) in [6.07, 6.45) is -0.480. The van der Waals surface area contributed by atoms with E-state index in [9.17, 15) is 26.4 Å². The van der Waals surface area contributed by atoms with E-state index < -0.39 is 21.6 Å². The van der Waals surface area contributed by atoms with E-state index in [4.69, 9.17) is 0 Å². The molecule has 0 N–H and O–H groups in total. The highest BCUT2D eigenvalue weighted by molar-refractivity contribution is 7.91. The lowest BCUT2D eigenvalue weighted by Crippen LogP contribution is -2.48. The number of benzene rings is 1. The van der Waals surface area contributed by atoms with Gasteiger partial charge < -0.3 is 4.90 Å². The Hall–Kier alpha value is -2.50. The summed E-state index contributed by atoms with van der Waals surface area (Å²) >= 11 is 0. The number of rotatable bonds is 5. The smallest absolute Gasteiger partial charge is 0.334 e. The van der Waals surface area contributed by atoms with Gasteiger partial charge in [-0.3, -0.25) is 4.79 Å². The predicted molar refractivity (Wildman–Crippen MR) is 104 cm³/mol. The van der Waals surface area contributed by atoms with Crippen LogP contribution in [0.1, 0.15) is 37.7 Å². The number of aromatic nitrogens is 4. The number of hydrogen-bond acceptors (Lipinski definition) is 6. The second kappa shape index (κ2) is 8.21. The summed E-state index contributed by atoms with van der Waals surface area (Å²) in [5, 5.41) is 11.7. The molecule has 2 aliphatic rings. The van der Waals surface area contributed by atoms with E-state index in [-0.39, 0.29) is 47.4 Å². The van der Waals surface area contributed by atoms with Crippen molar-refractivity contribution in [2.24, 2.45) is 0 Å². The molecule has 1 saturated carbocycles. The lowest BCUT2D eigenvalue weighted by molar-refractivity contribution is -0.138. The molecule has 8 nitrogen and oxygen atoms in total. The molecular formula is C19H22F3N5O3S. The van der Waals surface area contributed by atoms with Crippen LogP contribution in [0, 0.1) is 0 Å². The molecule has 1 aliphatic carbocycles. The largest absolute Gasteiger partial charge is 0.416 e. The number of carbonyl (C=O) groups is 1. The van der Waals surface area contributed by atoms with Crippen LogP contribution in [0.4, 0.5) is 13.2 Å². The van der Waals surface area contributed by atoms with E-state index in [0.717, 1.165) is 42.6 Å². The number of sulfone groups is 1. The standard InChI is InChI=1S/C19H22F3N5O3S/c20-19(21,22)14-5-3-4-13(10-14)18-23-25-26(24-18)11-17(28)27(15-6-1-2-7-15)16-8-9-31(29,30)12-16/h3-5,10,15-16H,1-2,6-9,11-12H2/t16-/m1/s1. The zero-order valence-corrected chi connectivity index (χ0v) is 17.4. The number of halogens is 3. The molecule has 168 valence electrons. The molecule has 2 fully saturated rings. The Morgan fingerprint density at radius 2 is 1.90 bits per heavy atom. The summed E-state index contributed by atoms with van der Waals surface area (Å²) in [6, 6.07) is 4.19. The summed E-state index contributed by atoms with van der Waals surface area (Å²) in [7, 11) is -3.16. The third-order valence-corrected chi connectivity index (χ3v) is 7.54. The summed E-state index contributed by atoms with van der Waals surface area (Å²) < 4.78 is 62.7. The van der Waals surface area contributed by atoms with Gasteiger partial charge in [0.25, 0.3) is 0 Å². The first-order valence-corrected chi connectivity index (χ1v) is 11.9. The Balaban J connectivity index is 1.52. The fourth-order valence-corrected chi connectivity index (χ4v) is 6.06. The maximum atomic E-state index is 13.1. The van der Waals surface area contributed by atoms with Crippen LogP contribution in [-0.2, 0) is 27.4 Å². The highest BCUT2D eigenvalue weighted by Gasteiger charge is 2.39. The van der Waals surface area contributed by atoms with Gasteiger partial charge >= 0.3 is 6.18 Å². The van der Waals surface area contributed by atoms with Gasteiger partial charge in [0.05, 0.1) is 17.1 Å². The highest BCUT2D eigenvalue weighted by atomic mass is 32.2. The third kappa shape index (κ3) is 4.89. The van der Waals surface area contributed by atoms with Gasteiger partial charge in [0, 0.05) is 17.6 Å². The zero-order valence-electron chi connectivity index (χ0n) is 16.6. The van der Waals surface area contributed by atoms with Crippen LogP contribution in [0.2, 0.25) is 0 Å². The average Bonchev–Trinajstić information content (AvgIpc) is 3.44. The zero-order chi connectivity index (χ0) is 22.2. The lowest BCUT2D eigenvalue weighted by atomic mass is 10.1. The molecular weight excluding hydrogens is 435 g/mol. The van der Waals surface area contributed by atoms with Crippen molar-refractivity contribution in [3.8, 4) is 11.4 Å². The van der Waals surface area contributed by atoms with Crippen LogP contribution in [0.3, 0.4) is 0 Å². The van der Waals surface area contributed by atoms with Gasteiger partial charge in [-0.2, -0.15) is 18.0 Å². The quantitative estimate of drug-likeness (QED) is 0.684. The van der Waals surface area contributed by atoms with Crippen molar-refractivity contribution >= 4 is 15.7 Å². The minimum absolute atomic E-state index is 0.0164. The van der Waals surface area contributed by atoms with Gasteiger partial charge in [0.2, 0.25) is 11.7 Å². The first-order chi connectivity index (χ1) is 14.6. The van der Waals surface area contributed by atoms with Gasteiger partial charge in [0.1, 0.15) is 6.54 Å². The minimum atomic E-state index is -4.49. The number of hydrogen-bond donors (Lipinski definition) is 0. The Kier molecular flexibility index (Phi) is 5.75. The Morgan fingerprint density at radius 3 is 2.55 bits per heavy atom. The molecule has 1 amide bonds. The normalized spacial score (nSPS) is 21.5. The van der Waals surface area contributed by atoms with Gasteiger partial charge in [-0.1, -0.05) is 25.0 Å². The van der Waals surface area contributed by atoms with E-state index in [2.05, 4.69) is 15.4 Å². The van der Waals surface area contributed by atoms with Crippen molar-refractivity contribution in [3.05, 3.63) is 29.8 Å². The van der Waals surface area contributed by atoms with Crippen molar-refractivity contribution in [1.29, 1.82) is 0 Å². The van der Waals surface area contributed by atoms with E-state index in [1.165, 1.54) is 12.1 Å². The SMILES string of the molecule is O=C(Cn1nnc(-c2cccc(C(F)(F)F)c2)n1)N(C1CCCC1)[C@@H]1CCS(=O)(=O)C1. The number of nitrogens with zero attached hydrogens (tertiary/aromatic N) is 5. The first-order valence-electron chi connectivity index (χ1n) is 10.1. The molecule has 0 spiro atoms. The molecule has 0 radical (unpaired) electrons. The molecule has 1 aromatic carbocycles. The van der Waals surface area contributed by atoms with Crippen molar-refractivity contribution in [2.45, 2.75) is 56.9 Å². The fraction of sp³-hybridized carbons (Fsp3) is 0.579. The molecule has 1 aliphatic heterocycles. The molecule has 1 aromatic heterocycles. The second-order valence-electron chi connectivity index (χ2n) is 8.02. The van der Waals surface area contributed by atoms with Crippen molar-refractivity contribution < 1.29 is 26.4 Å². The number of alkyl halides is 3. The number of carbonyl (C=O) groups excluding carboxylic acids is 1. The summed E-state index contributed by atoms with van der Waals surface area (Å²) in [5.41, 5.74) is -0.685. The Bertz CT molecular complexity index is 1060. The average molecular weight is 457 g/mol. The molecule has 1 atom stereocenters. The Morgan fingerprint density at radius 1 is 1.16 bits per heavy atom. The van der Waals surface area contributed by atoms with E-state index >= 15 is 0 Å². The third-order valence-electron chi connectivity index (χ3n) is 5.79. The van der Waals surface area contributed by atoms with Gasteiger partial charge in [-0.25, -0.2) is 8.42 Å². The molecule has 31 heavy (non-hydrogen) atoms. The predicted octanol–water partition coefficient (Wildman–Crippen LogP) is 2.32. The van der Waals surface area contributed by atoms with Gasteiger partial charge in [-0.15, -0.1) is 10.2 Å². The van der Waals surface area contributed by atoms with E-state index in [1.54, 1.807) is 4.90 Å². The van der Waals surface area contributed by atoms with Crippen molar-refractivity contribution in [1.82, 2.24) is 25.1 Å². The minimum Gasteiger partial charge on any atom is -0.334 e. The fourth-order valence-electron chi connectivity index (χ4n) is 4.35. The van der Waals surface area contributed by atoms with Crippen LogP contribution in [0.15, 0.2) is 24.3 Å². The topological polar surface area (TPSA) is 98.1 Å². The maximum Gasteiger partial charge on any atom is 0.416 e. The molecule has 2 aromatic rings. The molecule has 0 unspecified atom stereocenters. The maximum absolute atomic E-state index is 13.1. The molecule has 4 rings (SSSR count). The van der Waals surface area contributed by atoms with Crippen LogP contribution in [-0.4, -0.2) is 63.0 Å². The van der Waals surface area contributed by atoms with Gasteiger partial charge in [0.15, 0.2) is 9.84 Å². The molecule has 1 saturated heterocycles. The van der Waals surface area contributed by atoms with Crippen molar-refractivity contribution in [2.75, 3.05) is 11.5 Å². The van der Waals surface area contributed by atoms with Crippen LogP contribution in [0.5, 0.6) is 0 Å². The monoisotopic (exact) mass is 457 g/mol. The highest BCUT2D eigenvalue weighted by Crippen LogP contribution is 2.31. The molecule has 2 heterocycles. The van der Waals surface area contributed by atoms with E-state index in [1.807, 2.05) is 0 Å². The van der Waals surface area contributed by atoms with Crippen LogP contribution >= 0.6 is 0 Å². The van der Waals surface area contributed by atoms with Gasteiger partial charge in [-0.05, 0) is 36.6 Å². The Labute approximate surface area is 177 Å². The summed E-state index contributed by atoms with van der Waals surface area (Å²) in [4.78, 5) is 15.8. The summed E-state index contributed by atoms with van der Waals surface area (Å²) in [6.45, 7) is -0.251. The number of amides is 1. The van der Waals surface area contributed by atoms with E-state index in [0.29, 0.717) is 6.42 Å². The molecule has 0 bridgehead atoms. The second-order valence-corrected chi connectivity index (χ2v) is 10.2. The van der Waals surface area contributed by atoms with Crippen molar-refractivity contribution in [3.63, 3.8) is 0 Å². The molecule has 12 heteroatoms. The first kappa shape index (κ1) is 21.7. The van der Waals surface area contributed by atoms with Crippen LogP contribution in [0.25, 0.3) is 11.4 Å². The number of tetrazole rings is 1. The lowest BCUT2D eigenvalue weighted by Gasteiger charge is -2.33. The summed E-state index contributed by atoms with van der Waals surface area (Å²) in [5.74, 6) is -0.304.